The van der Waals surface area contributed by atoms with Crippen LogP contribution in [-0.4, -0.2) is 16.1 Å². The van der Waals surface area contributed by atoms with Crippen molar-refractivity contribution in [3.63, 3.8) is 0 Å². The normalized spacial score (nSPS) is 17.6. The highest BCUT2D eigenvalue weighted by atomic mass is 19.1. The molecule has 1 unspecified atom stereocenters. The molecular formula is C13H16FN3. The van der Waals surface area contributed by atoms with Gasteiger partial charge in [-0.15, -0.1) is 0 Å². The Balaban J connectivity index is 2.23. The monoisotopic (exact) mass is 233 g/mol. The molecule has 4 heteroatoms. The Bertz CT molecular complexity index is 557. The first-order valence-electron chi connectivity index (χ1n) is 6.08. The summed E-state index contributed by atoms with van der Waals surface area (Å²) in [6.45, 7) is 2.63. The molecule has 2 N–H and O–H groups in total. The van der Waals surface area contributed by atoms with Crippen LogP contribution >= 0.6 is 0 Å². The molecule has 1 heterocycles. The molecule has 17 heavy (non-hydrogen) atoms. The maximum Gasteiger partial charge on any atom is 0.125 e. The zero-order valence-electron chi connectivity index (χ0n) is 9.86. The Morgan fingerprint density at radius 1 is 1.53 bits per heavy atom. The summed E-state index contributed by atoms with van der Waals surface area (Å²) >= 11 is 0. The number of fused-ring (bicyclic) bond motifs is 1. The van der Waals surface area contributed by atoms with E-state index in [9.17, 15) is 4.39 Å². The van der Waals surface area contributed by atoms with Crippen LogP contribution in [0, 0.1) is 5.82 Å². The predicted molar refractivity (Wildman–Crippen MR) is 65.4 cm³/mol. The van der Waals surface area contributed by atoms with Crippen LogP contribution < -0.4 is 5.73 Å². The molecule has 1 aliphatic rings. The second-order valence-corrected chi connectivity index (χ2v) is 4.84. The van der Waals surface area contributed by atoms with Crippen LogP contribution in [0.3, 0.4) is 0 Å². The molecule has 1 aromatic carbocycles. The van der Waals surface area contributed by atoms with E-state index in [1.807, 2.05) is 0 Å². The van der Waals surface area contributed by atoms with E-state index < -0.39 is 0 Å². The molecule has 0 amide bonds. The van der Waals surface area contributed by atoms with Crippen molar-refractivity contribution in [2.75, 3.05) is 6.54 Å². The van der Waals surface area contributed by atoms with Gasteiger partial charge in [0.25, 0.3) is 0 Å². The summed E-state index contributed by atoms with van der Waals surface area (Å²) in [4.78, 5) is 4.60. The Hall–Kier alpha value is -1.42. The molecule has 0 radical (unpaired) electrons. The highest BCUT2D eigenvalue weighted by Crippen LogP contribution is 2.40. The summed E-state index contributed by atoms with van der Waals surface area (Å²) in [6, 6.07) is 5.28. The van der Waals surface area contributed by atoms with Gasteiger partial charge < -0.3 is 10.3 Å². The highest BCUT2D eigenvalue weighted by molar-refractivity contribution is 5.76. The Morgan fingerprint density at radius 2 is 2.29 bits per heavy atom. The van der Waals surface area contributed by atoms with E-state index in [4.69, 9.17) is 5.73 Å². The zero-order chi connectivity index (χ0) is 12.0. The Kier molecular flexibility index (Phi) is 2.40. The molecule has 1 fully saturated rings. The first-order valence-corrected chi connectivity index (χ1v) is 6.08. The summed E-state index contributed by atoms with van der Waals surface area (Å²) in [5.41, 5.74) is 7.49. The van der Waals surface area contributed by atoms with Crippen LogP contribution in [-0.2, 0) is 0 Å². The first kappa shape index (κ1) is 10.7. The minimum atomic E-state index is -0.203. The van der Waals surface area contributed by atoms with E-state index in [2.05, 4.69) is 16.5 Å². The molecule has 0 spiro atoms. The molecule has 3 nitrogen and oxygen atoms in total. The SMILES string of the molecule is CC(CN)c1nc2ccc(F)cc2n1C1CC1. The molecule has 90 valence electrons. The van der Waals surface area contributed by atoms with Crippen LogP contribution in [0.15, 0.2) is 18.2 Å². The summed E-state index contributed by atoms with van der Waals surface area (Å²) < 4.78 is 15.5. The number of halogens is 1. The minimum Gasteiger partial charge on any atom is -0.330 e. The fourth-order valence-electron chi connectivity index (χ4n) is 2.25. The van der Waals surface area contributed by atoms with E-state index in [0.717, 1.165) is 29.7 Å². The lowest BCUT2D eigenvalue weighted by molar-refractivity contribution is 0.618. The average Bonchev–Trinajstić information content (AvgIpc) is 3.09. The van der Waals surface area contributed by atoms with Crippen LogP contribution in [0.25, 0.3) is 11.0 Å². The number of hydrogen-bond donors (Lipinski definition) is 1. The van der Waals surface area contributed by atoms with Crippen molar-refractivity contribution in [2.24, 2.45) is 5.73 Å². The van der Waals surface area contributed by atoms with Crippen molar-refractivity contribution < 1.29 is 4.39 Å². The maximum atomic E-state index is 13.3. The van der Waals surface area contributed by atoms with E-state index in [0.29, 0.717) is 12.6 Å². The zero-order valence-corrected chi connectivity index (χ0v) is 9.86. The summed E-state index contributed by atoms with van der Waals surface area (Å²) in [5, 5.41) is 0. The number of imidazole rings is 1. The Morgan fingerprint density at radius 3 is 2.94 bits per heavy atom. The van der Waals surface area contributed by atoms with Gasteiger partial charge in [0.2, 0.25) is 0 Å². The molecule has 1 aliphatic carbocycles. The molecule has 3 rings (SSSR count). The quantitative estimate of drug-likeness (QED) is 0.885. The molecule has 0 bridgehead atoms. The third kappa shape index (κ3) is 1.72. The highest BCUT2D eigenvalue weighted by Gasteiger charge is 2.29. The molecular weight excluding hydrogens is 217 g/mol. The fourth-order valence-corrected chi connectivity index (χ4v) is 2.25. The molecule has 0 saturated heterocycles. The van der Waals surface area contributed by atoms with Gasteiger partial charge in [-0.1, -0.05) is 6.92 Å². The number of nitrogens with two attached hydrogens (primary N) is 1. The lowest BCUT2D eigenvalue weighted by Gasteiger charge is -2.12. The Labute approximate surface area is 99.4 Å². The van der Waals surface area contributed by atoms with Gasteiger partial charge in [0.15, 0.2) is 0 Å². The molecule has 1 aromatic heterocycles. The van der Waals surface area contributed by atoms with Crippen molar-refractivity contribution in [2.45, 2.75) is 31.7 Å². The predicted octanol–water partition coefficient (Wildman–Crippen LogP) is 2.57. The second kappa shape index (κ2) is 3.81. The summed E-state index contributed by atoms with van der Waals surface area (Å²) in [5.74, 6) is 1.01. The van der Waals surface area contributed by atoms with E-state index in [1.165, 1.54) is 6.07 Å². The van der Waals surface area contributed by atoms with Gasteiger partial charge in [0.05, 0.1) is 11.0 Å². The van der Waals surface area contributed by atoms with Crippen molar-refractivity contribution in [3.8, 4) is 0 Å². The lowest BCUT2D eigenvalue weighted by Crippen LogP contribution is -2.14. The third-order valence-corrected chi connectivity index (χ3v) is 3.39. The van der Waals surface area contributed by atoms with Gasteiger partial charge >= 0.3 is 0 Å². The van der Waals surface area contributed by atoms with Crippen molar-refractivity contribution >= 4 is 11.0 Å². The van der Waals surface area contributed by atoms with Crippen molar-refractivity contribution in [1.29, 1.82) is 0 Å². The van der Waals surface area contributed by atoms with Gasteiger partial charge in [-0.25, -0.2) is 9.37 Å². The van der Waals surface area contributed by atoms with E-state index in [1.54, 1.807) is 12.1 Å². The number of aromatic nitrogens is 2. The minimum absolute atomic E-state index is 0.203. The summed E-state index contributed by atoms with van der Waals surface area (Å²) in [7, 11) is 0. The summed E-state index contributed by atoms with van der Waals surface area (Å²) in [6.07, 6.45) is 2.32. The number of benzene rings is 1. The van der Waals surface area contributed by atoms with Gasteiger partial charge in [-0.3, -0.25) is 0 Å². The fraction of sp³-hybridized carbons (Fsp3) is 0.462. The molecule has 2 aromatic rings. The maximum absolute atomic E-state index is 13.3. The molecule has 1 saturated carbocycles. The first-order chi connectivity index (χ1) is 8.20. The largest absolute Gasteiger partial charge is 0.330 e. The van der Waals surface area contributed by atoms with E-state index in [-0.39, 0.29) is 11.7 Å². The van der Waals surface area contributed by atoms with Crippen LogP contribution in [0.2, 0.25) is 0 Å². The number of hydrogen-bond acceptors (Lipinski definition) is 2. The van der Waals surface area contributed by atoms with Gasteiger partial charge in [0.1, 0.15) is 11.6 Å². The van der Waals surface area contributed by atoms with Crippen LogP contribution in [0.4, 0.5) is 4.39 Å². The van der Waals surface area contributed by atoms with Crippen LogP contribution in [0.5, 0.6) is 0 Å². The van der Waals surface area contributed by atoms with E-state index >= 15 is 0 Å². The number of nitrogens with zero attached hydrogens (tertiary/aromatic N) is 2. The lowest BCUT2D eigenvalue weighted by atomic mass is 10.1. The molecule has 0 aliphatic heterocycles. The van der Waals surface area contributed by atoms with Crippen LogP contribution in [0.1, 0.15) is 37.5 Å². The molecule has 1 atom stereocenters. The average molecular weight is 233 g/mol. The van der Waals surface area contributed by atoms with Crippen molar-refractivity contribution in [3.05, 3.63) is 29.8 Å². The van der Waals surface area contributed by atoms with Gasteiger partial charge in [0, 0.05) is 18.5 Å². The third-order valence-electron chi connectivity index (χ3n) is 3.39. The number of rotatable bonds is 3. The standard InChI is InChI=1S/C13H16FN3/c1-8(7-15)13-16-11-5-2-9(14)6-12(11)17(13)10-3-4-10/h2,5-6,8,10H,3-4,7,15H2,1H3. The second-order valence-electron chi connectivity index (χ2n) is 4.84. The van der Waals surface area contributed by atoms with Gasteiger partial charge in [-0.05, 0) is 31.0 Å². The smallest absolute Gasteiger partial charge is 0.125 e. The van der Waals surface area contributed by atoms with Gasteiger partial charge in [-0.2, -0.15) is 0 Å². The topological polar surface area (TPSA) is 43.8 Å². The van der Waals surface area contributed by atoms with Crippen molar-refractivity contribution in [1.82, 2.24) is 9.55 Å².